The van der Waals surface area contributed by atoms with Gasteiger partial charge in [-0.2, -0.15) is 0 Å². The zero-order valence-electron chi connectivity index (χ0n) is 25.7. The van der Waals surface area contributed by atoms with Gasteiger partial charge in [0.2, 0.25) is 11.8 Å². The van der Waals surface area contributed by atoms with Crippen molar-refractivity contribution in [1.29, 1.82) is 0 Å². The number of nitrogens with zero attached hydrogens (tertiary/aromatic N) is 2. The van der Waals surface area contributed by atoms with Gasteiger partial charge in [-0.1, -0.05) is 72.9 Å². The molecule has 2 fully saturated rings. The Morgan fingerprint density at radius 3 is 1.48 bits per heavy atom. The van der Waals surface area contributed by atoms with Crippen LogP contribution < -0.4 is 20.1 Å². The molecule has 0 radical (unpaired) electrons. The van der Waals surface area contributed by atoms with E-state index in [-0.39, 0.29) is 23.6 Å². The average Bonchev–Trinajstić information content (AvgIpc) is 3.49. The van der Waals surface area contributed by atoms with E-state index >= 15 is 0 Å². The van der Waals surface area contributed by atoms with Crippen LogP contribution in [-0.2, 0) is 19.2 Å². The summed E-state index contributed by atoms with van der Waals surface area (Å²) in [6.07, 6.45) is 4.86. The van der Waals surface area contributed by atoms with E-state index in [1.54, 1.807) is 38.5 Å². The van der Waals surface area contributed by atoms with Gasteiger partial charge in [-0.3, -0.25) is 29.0 Å². The van der Waals surface area contributed by atoms with Crippen LogP contribution in [0.1, 0.15) is 51.4 Å². The van der Waals surface area contributed by atoms with Gasteiger partial charge in [0.1, 0.15) is 20.1 Å². The molecule has 2 aromatic carbocycles. The summed E-state index contributed by atoms with van der Waals surface area (Å²) >= 11 is 13.2. The maximum Gasteiger partial charge on any atom is 0.267 e. The van der Waals surface area contributed by atoms with Crippen LogP contribution in [0.4, 0.5) is 11.4 Å². The molecule has 2 aliphatic rings. The van der Waals surface area contributed by atoms with E-state index in [0.717, 1.165) is 36.4 Å². The molecule has 2 aromatic rings. The molecule has 4 rings (SSSR count). The van der Waals surface area contributed by atoms with Crippen molar-refractivity contribution in [1.82, 2.24) is 9.80 Å². The Morgan fingerprint density at radius 1 is 0.674 bits per heavy atom. The molecule has 244 valence electrons. The number of carbonyl (C=O) groups excluding carboxylic acids is 4. The number of thioether (sulfide) groups is 2. The average molecular weight is 701 g/mol. The number of anilines is 2. The van der Waals surface area contributed by atoms with Gasteiger partial charge >= 0.3 is 0 Å². The normalized spacial score (nSPS) is 16.3. The molecule has 0 atom stereocenters. The zero-order chi connectivity index (χ0) is 33.1. The summed E-state index contributed by atoms with van der Waals surface area (Å²) in [6, 6.07) is 14.4. The molecule has 2 heterocycles. The van der Waals surface area contributed by atoms with Crippen molar-refractivity contribution >= 4 is 91.6 Å². The Kier molecular flexibility index (Phi) is 13.4. The molecule has 0 aromatic heterocycles. The minimum atomic E-state index is -0.284. The number of hydrogen-bond donors (Lipinski definition) is 2. The molecular formula is C32H36N4O6S4. The van der Waals surface area contributed by atoms with Crippen LogP contribution in [0.15, 0.2) is 58.3 Å². The molecule has 0 bridgehead atoms. The summed E-state index contributed by atoms with van der Waals surface area (Å²) in [5, 5.41) is 5.73. The van der Waals surface area contributed by atoms with Gasteiger partial charge in [-0.05, 0) is 49.9 Å². The number of hydrogen-bond acceptors (Lipinski definition) is 10. The first kappa shape index (κ1) is 35.4. The Bertz CT molecular complexity index is 1420. The highest BCUT2D eigenvalue weighted by Gasteiger charge is 2.41. The third-order valence-corrected chi connectivity index (χ3v) is 10.2. The Labute approximate surface area is 288 Å². The topological polar surface area (TPSA) is 117 Å². The summed E-state index contributed by atoms with van der Waals surface area (Å²) in [7, 11) is 3.15. The van der Waals surface area contributed by atoms with Crippen molar-refractivity contribution < 1.29 is 28.7 Å². The van der Waals surface area contributed by atoms with Crippen LogP contribution in [0, 0.1) is 0 Å². The van der Waals surface area contributed by atoms with Crippen molar-refractivity contribution in [3.63, 3.8) is 0 Å². The van der Waals surface area contributed by atoms with E-state index in [1.165, 1.54) is 9.80 Å². The summed E-state index contributed by atoms with van der Waals surface area (Å²) < 4.78 is 11.2. The molecule has 2 N–H and O–H groups in total. The third kappa shape index (κ3) is 9.77. The zero-order valence-corrected chi connectivity index (χ0v) is 28.9. The summed E-state index contributed by atoms with van der Waals surface area (Å²) in [4.78, 5) is 54.7. The lowest BCUT2D eigenvalue weighted by Gasteiger charge is -2.14. The number of amides is 4. The van der Waals surface area contributed by atoms with E-state index < -0.39 is 0 Å². The van der Waals surface area contributed by atoms with Gasteiger partial charge in [0, 0.05) is 49.4 Å². The fraction of sp³-hybridized carbons (Fsp3) is 0.375. The molecule has 0 spiro atoms. The van der Waals surface area contributed by atoms with Crippen LogP contribution in [0.25, 0.3) is 0 Å². The molecule has 2 aliphatic heterocycles. The van der Waals surface area contributed by atoms with Crippen LogP contribution in [0.2, 0.25) is 0 Å². The van der Waals surface area contributed by atoms with Crippen LogP contribution >= 0.6 is 48.0 Å². The predicted octanol–water partition coefficient (Wildman–Crippen LogP) is 6.33. The van der Waals surface area contributed by atoms with Crippen LogP contribution in [0.5, 0.6) is 11.5 Å². The lowest BCUT2D eigenvalue weighted by atomic mass is 10.1. The van der Waals surface area contributed by atoms with Crippen LogP contribution in [-0.4, -0.2) is 69.4 Å². The van der Waals surface area contributed by atoms with E-state index in [1.807, 2.05) is 24.3 Å². The highest BCUT2D eigenvalue weighted by atomic mass is 32.2. The minimum Gasteiger partial charge on any atom is -0.497 e. The molecule has 0 saturated carbocycles. The quantitative estimate of drug-likeness (QED) is 0.117. The Hall–Kier alpha value is -3.46. The van der Waals surface area contributed by atoms with Gasteiger partial charge in [0.25, 0.3) is 11.8 Å². The number of rotatable bonds is 16. The number of carbonyl (C=O) groups is 4. The number of ether oxygens (including phenoxy) is 2. The second kappa shape index (κ2) is 17.5. The van der Waals surface area contributed by atoms with Gasteiger partial charge < -0.3 is 20.1 Å². The van der Waals surface area contributed by atoms with E-state index in [0.29, 0.717) is 92.9 Å². The fourth-order valence-corrected chi connectivity index (χ4v) is 7.54. The monoisotopic (exact) mass is 700 g/mol. The molecule has 46 heavy (non-hydrogen) atoms. The smallest absolute Gasteiger partial charge is 0.267 e. The number of nitrogens with one attached hydrogen (secondary N) is 2. The summed E-state index contributed by atoms with van der Waals surface area (Å²) in [6.45, 7) is 0.828. The molecule has 10 nitrogen and oxygen atoms in total. The van der Waals surface area contributed by atoms with E-state index in [4.69, 9.17) is 33.9 Å². The number of methoxy groups -OCH3 is 2. The fourth-order valence-electron chi connectivity index (χ4n) is 4.77. The van der Waals surface area contributed by atoms with Gasteiger partial charge in [-0.15, -0.1) is 0 Å². The maximum absolute atomic E-state index is 13.2. The second-order valence-electron chi connectivity index (χ2n) is 10.5. The first-order chi connectivity index (χ1) is 22.2. The predicted molar refractivity (Wildman–Crippen MR) is 191 cm³/mol. The highest BCUT2D eigenvalue weighted by Crippen LogP contribution is 2.42. The first-order valence-corrected chi connectivity index (χ1v) is 17.3. The standard InChI is InChI=1S/C32H36N4O6S4/c1-41-23-13-9-11-21(19-23)33-25(37)15-5-3-7-17-35-29(39)27(45-31(35)43)28-30(40)36(32(44)46-28)18-8-4-6-16-26(38)34-22-12-10-14-24(20-22)42-2/h9-14,19-20H,3-8,15-18H2,1-2H3,(H,33,37)(H,34,38)/b28-27+. The maximum atomic E-state index is 13.2. The number of unbranched alkanes of at least 4 members (excludes halogenated alkanes) is 4. The third-order valence-electron chi connectivity index (χ3n) is 7.18. The van der Waals surface area contributed by atoms with Crippen LogP contribution in [0.3, 0.4) is 0 Å². The molecule has 4 amide bonds. The Balaban J connectivity index is 1.17. The lowest BCUT2D eigenvalue weighted by molar-refractivity contribution is -0.124. The molecule has 0 aliphatic carbocycles. The van der Waals surface area contributed by atoms with Crippen molar-refractivity contribution in [2.45, 2.75) is 51.4 Å². The summed E-state index contributed by atoms with van der Waals surface area (Å²) in [5.74, 6) is 0.597. The van der Waals surface area contributed by atoms with Gasteiger partial charge in [0.05, 0.1) is 24.0 Å². The molecule has 2 saturated heterocycles. The largest absolute Gasteiger partial charge is 0.497 e. The van der Waals surface area contributed by atoms with Gasteiger partial charge in [-0.25, -0.2) is 0 Å². The van der Waals surface area contributed by atoms with Gasteiger partial charge in [0.15, 0.2) is 0 Å². The molecule has 0 unspecified atom stereocenters. The molecular weight excluding hydrogens is 665 g/mol. The van der Waals surface area contributed by atoms with E-state index in [9.17, 15) is 19.2 Å². The van der Waals surface area contributed by atoms with Crippen molar-refractivity contribution in [3.8, 4) is 11.5 Å². The molecule has 14 heteroatoms. The second-order valence-corrected chi connectivity index (χ2v) is 13.8. The summed E-state index contributed by atoms with van der Waals surface area (Å²) in [5.41, 5.74) is 1.36. The minimum absolute atomic E-state index is 0.0872. The van der Waals surface area contributed by atoms with Crippen molar-refractivity contribution in [2.75, 3.05) is 37.9 Å². The van der Waals surface area contributed by atoms with Crippen molar-refractivity contribution in [3.05, 3.63) is 58.3 Å². The SMILES string of the molecule is COc1cccc(NC(=O)CCCCCN2C(=O)/C(=C3\SC(=S)N(CCCCCC(=O)Nc4cccc(OC)c4)C3=O)SC2=S)c1. The highest BCUT2D eigenvalue weighted by molar-refractivity contribution is 8.29. The number of thiocarbonyl (C=S) groups is 2. The van der Waals surface area contributed by atoms with E-state index in [2.05, 4.69) is 10.6 Å². The first-order valence-electron chi connectivity index (χ1n) is 14.9. The number of benzene rings is 2. The lowest BCUT2D eigenvalue weighted by Crippen LogP contribution is -2.31. The van der Waals surface area contributed by atoms with Crippen molar-refractivity contribution in [2.24, 2.45) is 0 Å². The Morgan fingerprint density at radius 2 is 1.09 bits per heavy atom.